The number of hydrogen-bond acceptors (Lipinski definition) is 7. The number of carbonyl (C=O) groups excluding carboxylic acids is 2. The number of anilines is 1. The molecule has 3 aromatic rings. The van der Waals surface area contributed by atoms with Crippen molar-refractivity contribution in [2.24, 2.45) is 0 Å². The van der Waals surface area contributed by atoms with Gasteiger partial charge in [0.15, 0.2) is 0 Å². The summed E-state index contributed by atoms with van der Waals surface area (Å²) in [5, 5.41) is 6.69. The van der Waals surface area contributed by atoms with E-state index in [0.29, 0.717) is 35.3 Å². The molecule has 2 aliphatic heterocycles. The lowest BCUT2D eigenvalue weighted by Gasteiger charge is -2.23. The van der Waals surface area contributed by atoms with Gasteiger partial charge in [0.2, 0.25) is 11.9 Å². The van der Waals surface area contributed by atoms with Crippen molar-refractivity contribution in [3.05, 3.63) is 63.1 Å². The Morgan fingerprint density at radius 2 is 2.11 bits per heavy atom. The first-order valence-corrected chi connectivity index (χ1v) is 12.8. The van der Waals surface area contributed by atoms with Gasteiger partial charge in [-0.05, 0) is 31.4 Å². The zero-order valence-electron chi connectivity index (χ0n) is 19.3. The fraction of sp³-hybridized carbons (Fsp3) is 0.360. The molecule has 0 aliphatic carbocycles. The summed E-state index contributed by atoms with van der Waals surface area (Å²) in [4.78, 5) is 37.7. The van der Waals surface area contributed by atoms with E-state index < -0.39 is 0 Å². The lowest BCUT2D eigenvalue weighted by molar-refractivity contribution is -0.122. The summed E-state index contributed by atoms with van der Waals surface area (Å²) in [5.74, 6) is 0.180. The van der Waals surface area contributed by atoms with Crippen molar-refractivity contribution in [2.45, 2.75) is 38.9 Å². The second-order valence-electron chi connectivity index (χ2n) is 8.80. The quantitative estimate of drug-likeness (QED) is 0.497. The average molecular weight is 512 g/mol. The third kappa shape index (κ3) is 5.47. The molecule has 0 atom stereocenters. The lowest BCUT2D eigenvalue weighted by Crippen LogP contribution is -2.37. The molecule has 0 unspecified atom stereocenters. The SMILES string of the molecule is Cc1cccc(CNC(=O)CN2Cc3sc(-c4nc(NC5CCOCC5)ncc4Cl)cc3C2=O)c1. The Hall–Kier alpha value is -3.01. The molecule has 0 spiro atoms. The molecule has 10 heteroatoms. The minimum atomic E-state index is -0.182. The molecular formula is C25H26ClN5O3S. The van der Waals surface area contributed by atoms with Gasteiger partial charge >= 0.3 is 0 Å². The van der Waals surface area contributed by atoms with Gasteiger partial charge in [0, 0.05) is 30.7 Å². The average Bonchev–Trinajstić information content (AvgIpc) is 3.39. The standard InChI is InChI=1S/C25H26ClN5O3S/c1-15-3-2-4-16(9-15)11-27-22(32)14-31-13-21-18(24(31)33)10-20(35-21)23-19(26)12-28-25(30-23)29-17-5-7-34-8-6-17/h2-4,9-10,12,17H,5-8,11,13-14H2,1H3,(H,27,32)(H,28,29,30). The number of benzene rings is 1. The van der Waals surface area contributed by atoms with Crippen molar-refractivity contribution in [2.75, 3.05) is 25.1 Å². The number of fused-ring (bicyclic) bond motifs is 1. The molecule has 0 radical (unpaired) electrons. The van der Waals surface area contributed by atoms with Crippen LogP contribution in [0.25, 0.3) is 10.6 Å². The van der Waals surface area contributed by atoms with Crippen molar-refractivity contribution in [1.82, 2.24) is 20.2 Å². The van der Waals surface area contributed by atoms with Gasteiger partial charge in [-0.2, -0.15) is 0 Å². The summed E-state index contributed by atoms with van der Waals surface area (Å²) in [5.41, 5.74) is 3.38. The number of aryl methyl sites for hydroxylation is 1. The summed E-state index contributed by atoms with van der Waals surface area (Å²) >= 11 is 7.88. The zero-order valence-corrected chi connectivity index (χ0v) is 20.9. The van der Waals surface area contributed by atoms with Crippen LogP contribution in [0.5, 0.6) is 0 Å². The summed E-state index contributed by atoms with van der Waals surface area (Å²) in [7, 11) is 0. The first-order valence-electron chi connectivity index (χ1n) is 11.6. The molecule has 2 amide bonds. The smallest absolute Gasteiger partial charge is 0.255 e. The Balaban J connectivity index is 1.22. The molecule has 8 nitrogen and oxygen atoms in total. The number of aromatic nitrogens is 2. The van der Waals surface area contributed by atoms with Gasteiger partial charge in [0.1, 0.15) is 12.2 Å². The molecule has 35 heavy (non-hydrogen) atoms. The molecule has 0 bridgehead atoms. The van der Waals surface area contributed by atoms with Crippen molar-refractivity contribution < 1.29 is 14.3 Å². The number of thiophene rings is 1. The van der Waals surface area contributed by atoms with E-state index in [1.54, 1.807) is 11.1 Å². The lowest BCUT2D eigenvalue weighted by atomic mass is 10.1. The number of amides is 2. The van der Waals surface area contributed by atoms with E-state index in [9.17, 15) is 9.59 Å². The van der Waals surface area contributed by atoms with E-state index in [1.165, 1.54) is 11.3 Å². The fourth-order valence-electron chi connectivity index (χ4n) is 4.27. The van der Waals surface area contributed by atoms with Crippen molar-refractivity contribution in [1.29, 1.82) is 0 Å². The third-order valence-electron chi connectivity index (χ3n) is 6.10. The van der Waals surface area contributed by atoms with Crippen LogP contribution in [0.1, 0.15) is 39.2 Å². The van der Waals surface area contributed by atoms with Crippen LogP contribution < -0.4 is 10.6 Å². The highest BCUT2D eigenvalue weighted by Crippen LogP contribution is 2.38. The normalized spacial score (nSPS) is 15.8. The van der Waals surface area contributed by atoms with Crippen LogP contribution in [0.15, 0.2) is 36.5 Å². The molecule has 2 aromatic heterocycles. The molecule has 5 rings (SSSR count). The number of nitrogens with zero attached hydrogens (tertiary/aromatic N) is 3. The Bertz CT molecular complexity index is 1260. The molecule has 4 heterocycles. The summed E-state index contributed by atoms with van der Waals surface area (Å²) in [6.45, 7) is 4.31. The summed E-state index contributed by atoms with van der Waals surface area (Å²) in [6, 6.07) is 10.1. The van der Waals surface area contributed by atoms with Gasteiger partial charge in [0.05, 0.1) is 28.2 Å². The number of rotatable bonds is 7. The predicted octanol–water partition coefficient (Wildman–Crippen LogP) is 4.03. The van der Waals surface area contributed by atoms with E-state index in [0.717, 1.165) is 46.9 Å². The molecule has 1 saturated heterocycles. The monoisotopic (exact) mass is 511 g/mol. The zero-order chi connectivity index (χ0) is 24.4. The molecule has 182 valence electrons. The van der Waals surface area contributed by atoms with Crippen LogP contribution in [0.2, 0.25) is 5.02 Å². The van der Waals surface area contributed by atoms with Crippen LogP contribution >= 0.6 is 22.9 Å². The summed E-state index contributed by atoms with van der Waals surface area (Å²) < 4.78 is 5.40. The number of hydrogen-bond donors (Lipinski definition) is 2. The molecule has 0 saturated carbocycles. The number of ether oxygens (including phenoxy) is 1. The maximum atomic E-state index is 13.0. The number of nitrogens with one attached hydrogen (secondary N) is 2. The number of carbonyl (C=O) groups is 2. The topological polar surface area (TPSA) is 96.5 Å². The molecule has 2 aliphatic rings. The largest absolute Gasteiger partial charge is 0.381 e. The Morgan fingerprint density at radius 3 is 2.89 bits per heavy atom. The Morgan fingerprint density at radius 1 is 1.29 bits per heavy atom. The van der Waals surface area contributed by atoms with E-state index >= 15 is 0 Å². The van der Waals surface area contributed by atoms with Crippen molar-refractivity contribution in [3.8, 4) is 10.6 Å². The third-order valence-corrected chi connectivity index (χ3v) is 7.50. The second-order valence-corrected chi connectivity index (χ2v) is 10.3. The highest BCUT2D eigenvalue weighted by atomic mass is 35.5. The maximum absolute atomic E-state index is 13.0. The second kappa shape index (κ2) is 10.3. The minimum absolute atomic E-state index is 0.0226. The van der Waals surface area contributed by atoms with Crippen LogP contribution in [0.4, 0.5) is 5.95 Å². The summed E-state index contributed by atoms with van der Waals surface area (Å²) in [6.07, 6.45) is 3.39. The molecule has 2 N–H and O–H groups in total. The van der Waals surface area contributed by atoms with Crippen LogP contribution in [-0.2, 0) is 22.6 Å². The first kappa shape index (κ1) is 23.7. The van der Waals surface area contributed by atoms with Crippen LogP contribution in [0.3, 0.4) is 0 Å². The first-order chi connectivity index (χ1) is 17.0. The molecule has 1 fully saturated rings. The van der Waals surface area contributed by atoms with E-state index in [1.807, 2.05) is 37.3 Å². The van der Waals surface area contributed by atoms with Gasteiger partial charge in [-0.3, -0.25) is 9.59 Å². The van der Waals surface area contributed by atoms with Gasteiger partial charge in [0.25, 0.3) is 5.91 Å². The van der Waals surface area contributed by atoms with Crippen LogP contribution in [0, 0.1) is 6.92 Å². The highest BCUT2D eigenvalue weighted by molar-refractivity contribution is 7.16. The fourth-order valence-corrected chi connectivity index (χ4v) is 5.69. The number of halogens is 1. The molecule has 1 aromatic carbocycles. The Kier molecular flexibility index (Phi) is 6.99. The van der Waals surface area contributed by atoms with Gasteiger partial charge in [-0.1, -0.05) is 41.4 Å². The Labute approximate surface area is 212 Å². The van der Waals surface area contributed by atoms with Crippen molar-refractivity contribution in [3.63, 3.8) is 0 Å². The van der Waals surface area contributed by atoms with Crippen LogP contribution in [-0.4, -0.2) is 52.5 Å². The van der Waals surface area contributed by atoms with Gasteiger partial charge < -0.3 is 20.3 Å². The predicted molar refractivity (Wildman–Crippen MR) is 136 cm³/mol. The maximum Gasteiger partial charge on any atom is 0.255 e. The molecular weight excluding hydrogens is 486 g/mol. The van der Waals surface area contributed by atoms with Gasteiger partial charge in [-0.15, -0.1) is 11.3 Å². The van der Waals surface area contributed by atoms with Gasteiger partial charge in [-0.25, -0.2) is 9.97 Å². The van der Waals surface area contributed by atoms with E-state index in [2.05, 4.69) is 20.6 Å². The van der Waals surface area contributed by atoms with Crippen molar-refractivity contribution >= 4 is 40.7 Å². The minimum Gasteiger partial charge on any atom is -0.381 e. The van der Waals surface area contributed by atoms with E-state index in [-0.39, 0.29) is 24.4 Å². The van der Waals surface area contributed by atoms with E-state index in [4.69, 9.17) is 16.3 Å². The highest BCUT2D eigenvalue weighted by Gasteiger charge is 2.32.